The molecule has 0 bridgehead atoms. The van der Waals surface area contributed by atoms with Gasteiger partial charge >= 0.3 is 0 Å². The van der Waals surface area contributed by atoms with E-state index < -0.39 is 0 Å². The lowest BCUT2D eigenvalue weighted by molar-refractivity contribution is 0.240. The molecule has 2 heterocycles. The van der Waals surface area contributed by atoms with E-state index in [2.05, 4.69) is 59.9 Å². The first-order valence-electron chi connectivity index (χ1n) is 11.0. The molecule has 0 amide bonds. The van der Waals surface area contributed by atoms with Gasteiger partial charge in [-0.2, -0.15) is 11.8 Å². The molecule has 0 unspecified atom stereocenters. The fourth-order valence-electron chi connectivity index (χ4n) is 4.82. The van der Waals surface area contributed by atoms with Crippen LogP contribution in [0.4, 0.5) is 5.69 Å². The fraction of sp³-hybridized carbons (Fsp3) is 0.259. The van der Waals surface area contributed by atoms with Crippen LogP contribution in [0.2, 0.25) is 0 Å². The summed E-state index contributed by atoms with van der Waals surface area (Å²) in [5.41, 5.74) is 3.85. The summed E-state index contributed by atoms with van der Waals surface area (Å²) in [6.45, 7) is 0. The predicted octanol–water partition coefficient (Wildman–Crippen LogP) is 6.80. The average molecular weight is 428 g/mol. The van der Waals surface area contributed by atoms with E-state index in [1.807, 2.05) is 42.1 Å². The van der Waals surface area contributed by atoms with Crippen LogP contribution >= 0.6 is 11.8 Å². The Bertz CT molecular complexity index is 1090. The summed E-state index contributed by atoms with van der Waals surface area (Å²) in [5, 5.41) is 3.82. The van der Waals surface area contributed by atoms with Crippen molar-refractivity contribution in [3.63, 3.8) is 0 Å². The molecule has 1 aliphatic carbocycles. The van der Waals surface area contributed by atoms with Crippen LogP contribution in [-0.2, 0) is 0 Å². The van der Waals surface area contributed by atoms with Crippen molar-refractivity contribution in [2.75, 3.05) is 16.8 Å². The van der Waals surface area contributed by atoms with Crippen molar-refractivity contribution in [3.05, 3.63) is 96.1 Å². The largest absolute Gasteiger partial charge is 0.489 e. The Morgan fingerprint density at radius 1 is 0.839 bits per heavy atom. The average Bonchev–Trinajstić information content (AvgIpc) is 3.27. The van der Waals surface area contributed by atoms with E-state index in [1.165, 1.54) is 16.8 Å². The molecule has 0 spiro atoms. The number of fused-ring (bicyclic) bond motifs is 3. The number of hydrogen-bond donors (Lipinski definition) is 1. The Balaban J connectivity index is 1.25. The Hall–Kier alpha value is -2.85. The van der Waals surface area contributed by atoms with Crippen molar-refractivity contribution in [2.24, 2.45) is 5.92 Å². The van der Waals surface area contributed by atoms with Crippen molar-refractivity contribution in [1.82, 2.24) is 0 Å². The number of nitrogens with one attached hydrogen (secondary N) is 1. The minimum absolute atomic E-state index is 0.293. The first-order valence-corrected chi connectivity index (χ1v) is 12.1. The molecule has 0 aromatic heterocycles. The van der Waals surface area contributed by atoms with E-state index in [1.54, 1.807) is 0 Å². The lowest BCUT2D eigenvalue weighted by Crippen LogP contribution is -2.31. The maximum atomic E-state index is 6.10. The Labute approximate surface area is 187 Å². The molecule has 3 atom stereocenters. The van der Waals surface area contributed by atoms with Crippen molar-refractivity contribution in [1.29, 1.82) is 0 Å². The molecule has 31 heavy (non-hydrogen) atoms. The van der Waals surface area contributed by atoms with Gasteiger partial charge in [0.1, 0.15) is 23.4 Å². The first kappa shape index (κ1) is 18.9. The van der Waals surface area contributed by atoms with Crippen molar-refractivity contribution < 1.29 is 9.47 Å². The minimum atomic E-state index is 0.293. The quantitative estimate of drug-likeness (QED) is 0.454. The zero-order valence-corrected chi connectivity index (χ0v) is 18.1. The van der Waals surface area contributed by atoms with Gasteiger partial charge in [0.2, 0.25) is 0 Å². The molecule has 1 N–H and O–H groups in total. The minimum Gasteiger partial charge on any atom is -0.489 e. The van der Waals surface area contributed by atoms with Crippen LogP contribution in [0.5, 0.6) is 17.2 Å². The molecule has 1 saturated heterocycles. The van der Waals surface area contributed by atoms with Crippen LogP contribution in [-0.4, -0.2) is 17.6 Å². The van der Waals surface area contributed by atoms with Crippen LogP contribution in [0.3, 0.4) is 0 Å². The maximum absolute atomic E-state index is 6.10. The van der Waals surface area contributed by atoms with Gasteiger partial charge < -0.3 is 14.8 Å². The van der Waals surface area contributed by atoms with E-state index >= 15 is 0 Å². The van der Waals surface area contributed by atoms with Gasteiger partial charge in [0.05, 0.1) is 6.04 Å². The van der Waals surface area contributed by atoms with E-state index in [4.69, 9.17) is 9.47 Å². The summed E-state index contributed by atoms with van der Waals surface area (Å²) in [6.07, 6.45) is 6.17. The summed E-state index contributed by atoms with van der Waals surface area (Å²) in [6, 6.07) is 25.4. The fourth-order valence-corrected chi connectivity index (χ4v) is 5.38. The van der Waals surface area contributed by atoms with Crippen molar-refractivity contribution in [3.8, 4) is 17.2 Å². The molecule has 156 valence electrons. The number of allylic oxidation sites excluding steroid dienone is 2. The summed E-state index contributed by atoms with van der Waals surface area (Å²) in [4.78, 5) is 0. The molecule has 2 aliphatic heterocycles. The summed E-state index contributed by atoms with van der Waals surface area (Å²) in [5.74, 6) is 5.86. The van der Waals surface area contributed by atoms with E-state index in [0.717, 1.165) is 35.2 Å². The topological polar surface area (TPSA) is 30.5 Å². The van der Waals surface area contributed by atoms with Crippen LogP contribution in [0.1, 0.15) is 29.5 Å². The number of ether oxygens (including phenoxy) is 2. The SMILES string of the molecule is C1=C[C@H]2c3cc(Oc4ccccc4)ccc3N[C@@H](c3ccc(OC4CSC4)cc3)[C@H]2C1. The standard InChI is InChI=1S/C27H25NO2S/c1-2-5-19(6-3-1)29-21-13-14-26-25(15-21)23-7-4-8-24(23)27(28-26)18-9-11-20(12-10-18)30-22-16-31-17-22/h1-7,9-15,22-24,27-28H,8,16-17H2/t23-,24+,27+/m1/s1. The highest BCUT2D eigenvalue weighted by atomic mass is 32.2. The molecule has 0 saturated carbocycles. The number of para-hydroxylation sites is 1. The van der Waals surface area contributed by atoms with Gasteiger partial charge in [0.25, 0.3) is 0 Å². The van der Waals surface area contributed by atoms with E-state index in [9.17, 15) is 0 Å². The van der Waals surface area contributed by atoms with Crippen LogP contribution < -0.4 is 14.8 Å². The lowest BCUT2D eigenvalue weighted by atomic mass is 9.77. The monoisotopic (exact) mass is 427 g/mol. The molecular formula is C27H25NO2S. The maximum Gasteiger partial charge on any atom is 0.127 e. The Morgan fingerprint density at radius 2 is 1.65 bits per heavy atom. The predicted molar refractivity (Wildman–Crippen MR) is 127 cm³/mol. The van der Waals surface area contributed by atoms with E-state index in [0.29, 0.717) is 24.0 Å². The molecule has 1 fully saturated rings. The third-order valence-electron chi connectivity index (χ3n) is 6.46. The molecule has 3 aromatic carbocycles. The number of thioether (sulfide) groups is 1. The van der Waals surface area contributed by atoms with Crippen molar-refractivity contribution in [2.45, 2.75) is 24.5 Å². The molecule has 3 nitrogen and oxygen atoms in total. The Morgan fingerprint density at radius 3 is 2.42 bits per heavy atom. The van der Waals surface area contributed by atoms with Crippen LogP contribution in [0, 0.1) is 5.92 Å². The van der Waals surface area contributed by atoms with Gasteiger partial charge in [0.15, 0.2) is 0 Å². The second kappa shape index (κ2) is 8.01. The first-order chi connectivity index (χ1) is 15.3. The zero-order chi connectivity index (χ0) is 20.6. The molecule has 3 aliphatic rings. The third kappa shape index (κ3) is 3.70. The second-order valence-corrected chi connectivity index (χ2v) is 9.56. The van der Waals surface area contributed by atoms with Gasteiger partial charge in [-0.1, -0.05) is 42.5 Å². The van der Waals surface area contributed by atoms with E-state index in [-0.39, 0.29) is 0 Å². The normalized spacial score (nSPS) is 23.9. The number of benzene rings is 3. The molecule has 6 rings (SSSR count). The summed E-state index contributed by atoms with van der Waals surface area (Å²) in [7, 11) is 0. The van der Waals surface area contributed by atoms with Crippen molar-refractivity contribution >= 4 is 17.4 Å². The lowest BCUT2D eigenvalue weighted by Gasteiger charge is -2.37. The molecule has 3 aromatic rings. The van der Waals surface area contributed by atoms with Gasteiger partial charge in [-0.05, 0) is 65.9 Å². The number of hydrogen-bond acceptors (Lipinski definition) is 4. The molecule has 4 heteroatoms. The highest BCUT2D eigenvalue weighted by molar-refractivity contribution is 8.00. The second-order valence-electron chi connectivity index (χ2n) is 8.49. The van der Waals surface area contributed by atoms with Gasteiger partial charge in [-0.3, -0.25) is 0 Å². The Kier molecular flexibility index (Phi) is 4.88. The number of anilines is 1. The van der Waals surface area contributed by atoms with Gasteiger partial charge in [-0.25, -0.2) is 0 Å². The third-order valence-corrected chi connectivity index (χ3v) is 7.68. The van der Waals surface area contributed by atoms with Crippen LogP contribution in [0.15, 0.2) is 84.9 Å². The summed E-state index contributed by atoms with van der Waals surface area (Å²) >= 11 is 1.94. The highest BCUT2D eigenvalue weighted by Gasteiger charge is 2.38. The van der Waals surface area contributed by atoms with Gasteiger partial charge in [0, 0.05) is 23.1 Å². The molecule has 0 radical (unpaired) electrons. The van der Waals surface area contributed by atoms with Crippen LogP contribution in [0.25, 0.3) is 0 Å². The highest BCUT2D eigenvalue weighted by Crippen LogP contribution is 2.50. The van der Waals surface area contributed by atoms with Gasteiger partial charge in [-0.15, -0.1) is 0 Å². The zero-order valence-electron chi connectivity index (χ0n) is 17.2. The number of rotatable bonds is 5. The smallest absolute Gasteiger partial charge is 0.127 e. The summed E-state index contributed by atoms with van der Waals surface area (Å²) < 4.78 is 12.1. The molecular weight excluding hydrogens is 402 g/mol.